The van der Waals surface area contributed by atoms with Crippen molar-refractivity contribution in [2.45, 2.75) is 98.0 Å². The second-order valence-corrected chi connectivity index (χ2v) is 6.30. The minimum atomic E-state index is -0.0383. The molecule has 0 spiro atoms. The summed E-state index contributed by atoms with van der Waals surface area (Å²) in [5.74, 6) is 0.814. The maximum absolute atomic E-state index is 11.3. The minimum absolute atomic E-state index is 0.0262. The Kier molecular flexibility index (Phi) is 12.2. The van der Waals surface area contributed by atoms with Gasteiger partial charge >= 0.3 is 5.97 Å². The summed E-state index contributed by atoms with van der Waals surface area (Å²) >= 11 is 0. The summed E-state index contributed by atoms with van der Waals surface area (Å²) in [4.78, 5) is 11.3. The first-order valence-corrected chi connectivity index (χ1v) is 8.22. The standard InChI is InChI=1S/C17H34O2/c1-15(2)13-11-9-7-5-6-8-10-12-14-17(18)19-16(3)4/h15-16H,5-14H2,1-4H3. The van der Waals surface area contributed by atoms with Crippen LogP contribution in [0.1, 0.15) is 91.9 Å². The molecule has 0 aliphatic rings. The van der Waals surface area contributed by atoms with Gasteiger partial charge in [0.15, 0.2) is 0 Å². The van der Waals surface area contributed by atoms with E-state index in [-0.39, 0.29) is 12.1 Å². The number of carbonyl (C=O) groups is 1. The Hall–Kier alpha value is -0.530. The van der Waals surface area contributed by atoms with Crippen LogP contribution in [0.25, 0.3) is 0 Å². The Labute approximate surface area is 120 Å². The van der Waals surface area contributed by atoms with Crippen LogP contribution in [0.15, 0.2) is 0 Å². The SMILES string of the molecule is CC(C)CCCCCCCCCCC(=O)OC(C)C. The van der Waals surface area contributed by atoms with Crippen molar-refractivity contribution in [3.63, 3.8) is 0 Å². The van der Waals surface area contributed by atoms with Crippen LogP contribution in [0.2, 0.25) is 0 Å². The number of ether oxygens (including phenoxy) is 1. The van der Waals surface area contributed by atoms with Crippen molar-refractivity contribution >= 4 is 5.97 Å². The first-order valence-electron chi connectivity index (χ1n) is 8.22. The third-order valence-corrected chi connectivity index (χ3v) is 3.28. The highest BCUT2D eigenvalue weighted by Crippen LogP contribution is 2.13. The Morgan fingerprint density at radius 1 is 0.789 bits per heavy atom. The molecule has 2 nitrogen and oxygen atoms in total. The van der Waals surface area contributed by atoms with Gasteiger partial charge in [-0.25, -0.2) is 0 Å². The van der Waals surface area contributed by atoms with Gasteiger partial charge in [-0.2, -0.15) is 0 Å². The van der Waals surface area contributed by atoms with E-state index in [2.05, 4.69) is 13.8 Å². The molecule has 0 N–H and O–H groups in total. The van der Waals surface area contributed by atoms with Crippen molar-refractivity contribution in [1.29, 1.82) is 0 Å². The minimum Gasteiger partial charge on any atom is -0.463 e. The summed E-state index contributed by atoms with van der Waals surface area (Å²) in [5, 5.41) is 0. The zero-order chi connectivity index (χ0) is 14.5. The van der Waals surface area contributed by atoms with Gasteiger partial charge in [-0.15, -0.1) is 0 Å². The van der Waals surface area contributed by atoms with Gasteiger partial charge in [-0.3, -0.25) is 4.79 Å². The topological polar surface area (TPSA) is 26.3 Å². The molecule has 0 saturated carbocycles. The van der Waals surface area contributed by atoms with Gasteiger partial charge in [0.2, 0.25) is 0 Å². The monoisotopic (exact) mass is 270 g/mol. The molecule has 0 saturated heterocycles. The maximum Gasteiger partial charge on any atom is 0.306 e. The predicted molar refractivity (Wildman–Crippen MR) is 82.2 cm³/mol. The largest absolute Gasteiger partial charge is 0.463 e. The lowest BCUT2D eigenvalue weighted by Gasteiger charge is -2.07. The molecular weight excluding hydrogens is 236 g/mol. The van der Waals surface area contributed by atoms with Crippen molar-refractivity contribution in [1.82, 2.24) is 0 Å². The van der Waals surface area contributed by atoms with Gasteiger partial charge < -0.3 is 4.74 Å². The lowest BCUT2D eigenvalue weighted by molar-refractivity contribution is -0.147. The van der Waals surface area contributed by atoms with Gasteiger partial charge in [0.1, 0.15) is 0 Å². The molecule has 0 aliphatic heterocycles. The number of hydrogen-bond donors (Lipinski definition) is 0. The van der Waals surface area contributed by atoms with E-state index in [0.29, 0.717) is 6.42 Å². The molecule has 2 heteroatoms. The summed E-state index contributed by atoms with van der Waals surface area (Å²) in [6, 6.07) is 0. The normalized spacial score (nSPS) is 11.3. The Morgan fingerprint density at radius 3 is 1.74 bits per heavy atom. The number of carbonyl (C=O) groups excluding carboxylic acids is 1. The van der Waals surface area contributed by atoms with E-state index in [4.69, 9.17) is 4.74 Å². The summed E-state index contributed by atoms with van der Waals surface area (Å²) in [6.45, 7) is 8.39. The van der Waals surface area contributed by atoms with Crippen LogP contribution in [-0.2, 0) is 9.53 Å². The second kappa shape index (κ2) is 12.5. The highest BCUT2D eigenvalue weighted by molar-refractivity contribution is 5.69. The maximum atomic E-state index is 11.3. The molecule has 0 bridgehead atoms. The van der Waals surface area contributed by atoms with Crippen molar-refractivity contribution in [3.05, 3.63) is 0 Å². The molecular formula is C17H34O2. The molecule has 0 aromatic carbocycles. The van der Waals surface area contributed by atoms with E-state index in [1.54, 1.807) is 0 Å². The van der Waals surface area contributed by atoms with E-state index in [0.717, 1.165) is 12.3 Å². The molecule has 0 rings (SSSR count). The third-order valence-electron chi connectivity index (χ3n) is 3.28. The van der Waals surface area contributed by atoms with Crippen LogP contribution in [0.3, 0.4) is 0 Å². The van der Waals surface area contributed by atoms with Gasteiger partial charge in [0.25, 0.3) is 0 Å². The summed E-state index contributed by atoms with van der Waals surface area (Å²) in [6.07, 6.45) is 12.2. The van der Waals surface area contributed by atoms with Crippen LogP contribution in [0.4, 0.5) is 0 Å². The summed E-state index contributed by atoms with van der Waals surface area (Å²) < 4.78 is 5.10. The third kappa shape index (κ3) is 15.4. The first-order chi connectivity index (χ1) is 9.02. The smallest absolute Gasteiger partial charge is 0.306 e. The zero-order valence-corrected chi connectivity index (χ0v) is 13.5. The van der Waals surface area contributed by atoms with E-state index in [1.807, 2.05) is 13.8 Å². The molecule has 0 fully saturated rings. The van der Waals surface area contributed by atoms with E-state index in [9.17, 15) is 4.79 Å². The first kappa shape index (κ1) is 18.5. The zero-order valence-electron chi connectivity index (χ0n) is 13.5. The number of unbranched alkanes of at least 4 members (excludes halogenated alkanes) is 7. The number of rotatable bonds is 12. The molecule has 0 aromatic rings. The van der Waals surface area contributed by atoms with Crippen molar-refractivity contribution in [2.24, 2.45) is 5.92 Å². The predicted octanol–water partition coefficient (Wildman–Crippen LogP) is 5.50. The Balaban J connectivity index is 3.13. The van der Waals surface area contributed by atoms with Crippen molar-refractivity contribution in [2.75, 3.05) is 0 Å². The molecule has 114 valence electrons. The molecule has 0 radical (unpaired) electrons. The lowest BCUT2D eigenvalue weighted by Crippen LogP contribution is -2.10. The number of hydrogen-bond acceptors (Lipinski definition) is 2. The molecule has 0 aliphatic carbocycles. The fourth-order valence-electron chi connectivity index (χ4n) is 2.20. The van der Waals surface area contributed by atoms with Crippen LogP contribution in [0.5, 0.6) is 0 Å². The summed E-state index contributed by atoms with van der Waals surface area (Å²) in [5.41, 5.74) is 0. The van der Waals surface area contributed by atoms with E-state index >= 15 is 0 Å². The highest BCUT2D eigenvalue weighted by Gasteiger charge is 2.04. The van der Waals surface area contributed by atoms with Crippen LogP contribution in [-0.4, -0.2) is 12.1 Å². The second-order valence-electron chi connectivity index (χ2n) is 6.30. The lowest BCUT2D eigenvalue weighted by atomic mass is 10.0. The van der Waals surface area contributed by atoms with Crippen LogP contribution in [0, 0.1) is 5.92 Å². The highest BCUT2D eigenvalue weighted by atomic mass is 16.5. The Bertz CT molecular complexity index is 209. The van der Waals surface area contributed by atoms with Crippen LogP contribution < -0.4 is 0 Å². The van der Waals surface area contributed by atoms with Gasteiger partial charge in [0.05, 0.1) is 6.10 Å². The molecule has 0 amide bonds. The molecule has 19 heavy (non-hydrogen) atoms. The fourth-order valence-corrected chi connectivity index (χ4v) is 2.20. The molecule has 0 unspecified atom stereocenters. The van der Waals surface area contributed by atoms with Crippen LogP contribution >= 0.6 is 0 Å². The van der Waals surface area contributed by atoms with Gasteiger partial charge in [0, 0.05) is 6.42 Å². The average Bonchev–Trinajstić information content (AvgIpc) is 2.30. The van der Waals surface area contributed by atoms with E-state index < -0.39 is 0 Å². The summed E-state index contributed by atoms with van der Waals surface area (Å²) in [7, 11) is 0. The average molecular weight is 270 g/mol. The van der Waals surface area contributed by atoms with Gasteiger partial charge in [-0.1, -0.05) is 65.2 Å². The van der Waals surface area contributed by atoms with Crippen molar-refractivity contribution in [3.8, 4) is 0 Å². The fraction of sp³-hybridized carbons (Fsp3) is 0.941. The molecule has 0 aromatic heterocycles. The van der Waals surface area contributed by atoms with Crippen molar-refractivity contribution < 1.29 is 9.53 Å². The Morgan fingerprint density at radius 2 is 1.26 bits per heavy atom. The van der Waals surface area contributed by atoms with Gasteiger partial charge in [-0.05, 0) is 26.2 Å². The quantitative estimate of drug-likeness (QED) is 0.346. The van der Waals surface area contributed by atoms with E-state index in [1.165, 1.54) is 51.4 Å². The molecule has 0 heterocycles. The number of esters is 1. The molecule has 0 atom stereocenters.